The van der Waals surface area contributed by atoms with E-state index in [0.717, 1.165) is 11.2 Å². The first-order valence-corrected chi connectivity index (χ1v) is 5.17. The van der Waals surface area contributed by atoms with Crippen LogP contribution in [0.3, 0.4) is 0 Å². The number of aryl methyl sites for hydroxylation is 1. The van der Waals surface area contributed by atoms with Crippen molar-refractivity contribution in [1.29, 1.82) is 0 Å². The lowest BCUT2D eigenvalue weighted by atomic mass is 9.95. The monoisotopic (exact) mass is 213 g/mol. The molecule has 2 aromatic rings. The molecule has 0 spiro atoms. The van der Waals surface area contributed by atoms with Crippen molar-refractivity contribution in [2.24, 2.45) is 0 Å². The second-order valence-corrected chi connectivity index (χ2v) is 3.63. The Morgan fingerprint density at radius 3 is 2.88 bits per heavy atom. The normalized spacial score (nSPS) is 10.6. The third kappa shape index (κ3) is 1.71. The molecule has 80 valence electrons. The minimum atomic E-state index is -0.315. The van der Waals surface area contributed by atoms with Gasteiger partial charge in [0.25, 0.3) is 0 Å². The van der Waals surface area contributed by atoms with Crippen LogP contribution in [0.25, 0.3) is 5.52 Å². The van der Waals surface area contributed by atoms with Crippen LogP contribution in [0.1, 0.15) is 23.0 Å². The largest absolute Gasteiger partial charge is 0.462 e. The average Bonchev–Trinajstić information content (AvgIpc) is 2.70. The maximum atomic E-state index is 11.6. The van der Waals surface area contributed by atoms with Crippen LogP contribution in [0.2, 0.25) is 0 Å². The number of rotatable bonds is 2. The first-order valence-electron chi connectivity index (χ1n) is 5.17. The average molecular weight is 213 g/mol. The highest BCUT2D eigenvalue weighted by Crippen LogP contribution is 2.11. The lowest BCUT2D eigenvalue weighted by Gasteiger charge is -2.02. The number of ether oxygens (including phenoxy) is 1. The maximum absolute atomic E-state index is 11.6. The second-order valence-electron chi connectivity index (χ2n) is 3.63. The van der Waals surface area contributed by atoms with Crippen LogP contribution < -0.4 is 5.46 Å². The lowest BCUT2D eigenvalue weighted by molar-refractivity contribution is 0.0526. The lowest BCUT2D eigenvalue weighted by Crippen LogP contribution is -2.07. The van der Waals surface area contributed by atoms with E-state index in [1.165, 1.54) is 0 Å². The van der Waals surface area contributed by atoms with Crippen molar-refractivity contribution < 1.29 is 9.53 Å². The van der Waals surface area contributed by atoms with Gasteiger partial charge in [0, 0.05) is 17.4 Å². The topological polar surface area (TPSA) is 30.7 Å². The first kappa shape index (κ1) is 10.8. The van der Waals surface area contributed by atoms with E-state index in [9.17, 15) is 4.79 Å². The van der Waals surface area contributed by atoms with Gasteiger partial charge in [0.05, 0.1) is 12.2 Å². The van der Waals surface area contributed by atoms with Crippen molar-refractivity contribution in [1.82, 2.24) is 4.40 Å². The highest BCUT2D eigenvalue weighted by atomic mass is 16.5. The molecule has 2 aromatic heterocycles. The fourth-order valence-corrected chi connectivity index (χ4v) is 1.68. The van der Waals surface area contributed by atoms with Crippen LogP contribution >= 0.6 is 0 Å². The van der Waals surface area contributed by atoms with Gasteiger partial charge in [0.1, 0.15) is 7.85 Å². The highest BCUT2D eigenvalue weighted by Gasteiger charge is 2.11. The van der Waals surface area contributed by atoms with Crippen LogP contribution in [0.5, 0.6) is 0 Å². The van der Waals surface area contributed by atoms with Gasteiger partial charge in [-0.05, 0) is 26.0 Å². The highest BCUT2D eigenvalue weighted by molar-refractivity contribution is 6.36. The summed E-state index contributed by atoms with van der Waals surface area (Å²) in [6.45, 7) is 4.12. The smallest absolute Gasteiger partial charge is 0.339 e. The van der Waals surface area contributed by atoms with Crippen molar-refractivity contribution in [3.05, 3.63) is 35.7 Å². The molecule has 0 bridgehead atoms. The number of fused-ring (bicyclic) bond motifs is 1. The Balaban J connectivity index is 2.55. The fourth-order valence-electron chi connectivity index (χ4n) is 1.68. The minimum absolute atomic E-state index is 0.315. The van der Waals surface area contributed by atoms with E-state index in [-0.39, 0.29) is 5.97 Å². The summed E-state index contributed by atoms with van der Waals surface area (Å²) in [5.41, 5.74) is 3.05. The summed E-state index contributed by atoms with van der Waals surface area (Å²) < 4.78 is 6.83. The van der Waals surface area contributed by atoms with E-state index in [2.05, 4.69) is 0 Å². The predicted octanol–water partition coefficient (Wildman–Crippen LogP) is 1.22. The molecule has 0 aromatic carbocycles. The molecular weight excluding hydrogens is 201 g/mol. The van der Waals surface area contributed by atoms with E-state index in [4.69, 9.17) is 12.6 Å². The molecule has 0 N–H and O–H groups in total. The van der Waals surface area contributed by atoms with Crippen molar-refractivity contribution in [3.8, 4) is 0 Å². The zero-order valence-corrected chi connectivity index (χ0v) is 9.36. The van der Waals surface area contributed by atoms with Crippen LogP contribution in [-0.4, -0.2) is 24.8 Å². The van der Waals surface area contributed by atoms with Crippen molar-refractivity contribution in [2.75, 3.05) is 6.61 Å². The third-order valence-electron chi connectivity index (χ3n) is 2.51. The van der Waals surface area contributed by atoms with Crippen molar-refractivity contribution in [2.45, 2.75) is 13.8 Å². The first-order chi connectivity index (χ1) is 7.63. The molecule has 0 aliphatic rings. The number of hydrogen-bond donors (Lipinski definition) is 0. The van der Waals surface area contributed by atoms with Gasteiger partial charge in [-0.2, -0.15) is 0 Å². The van der Waals surface area contributed by atoms with E-state index in [1.807, 2.05) is 23.5 Å². The van der Waals surface area contributed by atoms with Crippen LogP contribution in [0.4, 0.5) is 0 Å². The molecule has 0 unspecified atom stereocenters. The summed E-state index contributed by atoms with van der Waals surface area (Å²) in [6, 6.07) is 5.50. The molecule has 2 rings (SSSR count). The van der Waals surface area contributed by atoms with E-state index < -0.39 is 0 Å². The predicted molar refractivity (Wildman–Crippen MR) is 63.5 cm³/mol. The van der Waals surface area contributed by atoms with Gasteiger partial charge in [0.2, 0.25) is 0 Å². The van der Waals surface area contributed by atoms with Gasteiger partial charge in [0.15, 0.2) is 0 Å². The molecule has 16 heavy (non-hydrogen) atoms. The Bertz CT molecular complexity index is 506. The number of esters is 1. The number of nitrogens with zero attached hydrogens (tertiary/aromatic N) is 1. The molecule has 0 saturated heterocycles. The zero-order chi connectivity index (χ0) is 11.7. The number of hydrogen-bond acceptors (Lipinski definition) is 2. The summed E-state index contributed by atoms with van der Waals surface area (Å²) in [5.74, 6) is -0.315. The number of carbonyl (C=O) groups excluding carboxylic acids is 1. The van der Waals surface area contributed by atoms with Crippen molar-refractivity contribution in [3.63, 3.8) is 0 Å². The molecule has 2 radical (unpaired) electrons. The molecule has 3 nitrogen and oxygen atoms in total. The van der Waals surface area contributed by atoms with Crippen LogP contribution in [0.15, 0.2) is 24.4 Å². The number of carbonyl (C=O) groups is 1. The Labute approximate surface area is 95.4 Å². The molecule has 0 amide bonds. The fraction of sp³-hybridized carbons (Fsp3) is 0.250. The molecular formula is C12H12BNO2. The Morgan fingerprint density at radius 1 is 1.50 bits per heavy atom. The summed E-state index contributed by atoms with van der Waals surface area (Å²) in [4.78, 5) is 11.6. The van der Waals surface area contributed by atoms with Gasteiger partial charge in [-0.3, -0.25) is 0 Å². The van der Waals surface area contributed by atoms with Crippen molar-refractivity contribution >= 4 is 24.8 Å². The molecule has 0 saturated carbocycles. The summed E-state index contributed by atoms with van der Waals surface area (Å²) in [5, 5.41) is 0. The standard InChI is InChI=1S/C12H12BNO2/c1-3-16-12(15)9-6-11-10(13)5-4-8(2)14(11)7-9/h4-7H,3H2,1-2H3. The van der Waals surface area contributed by atoms with Crippen LogP contribution in [-0.2, 0) is 4.74 Å². The van der Waals surface area contributed by atoms with E-state index in [0.29, 0.717) is 17.6 Å². The third-order valence-corrected chi connectivity index (χ3v) is 2.51. The van der Waals surface area contributed by atoms with Gasteiger partial charge < -0.3 is 9.14 Å². The van der Waals surface area contributed by atoms with E-state index >= 15 is 0 Å². The molecule has 4 heteroatoms. The summed E-state index contributed by atoms with van der Waals surface area (Å²) in [7, 11) is 5.84. The van der Waals surface area contributed by atoms with Gasteiger partial charge in [-0.25, -0.2) is 4.79 Å². The minimum Gasteiger partial charge on any atom is -0.462 e. The maximum Gasteiger partial charge on any atom is 0.339 e. The molecule has 0 aliphatic carbocycles. The SMILES string of the molecule is [B]c1ccc(C)n2cc(C(=O)OCC)cc12. The summed E-state index contributed by atoms with van der Waals surface area (Å²) >= 11 is 0. The number of pyridine rings is 1. The Kier molecular flexibility index (Phi) is 2.73. The Hall–Kier alpha value is -1.71. The number of aromatic nitrogens is 1. The molecule has 0 fully saturated rings. The quantitative estimate of drug-likeness (QED) is 0.554. The summed E-state index contributed by atoms with van der Waals surface area (Å²) in [6.07, 6.45) is 1.75. The molecule has 0 aliphatic heterocycles. The zero-order valence-electron chi connectivity index (χ0n) is 9.36. The van der Waals surface area contributed by atoms with E-state index in [1.54, 1.807) is 19.2 Å². The van der Waals surface area contributed by atoms with Gasteiger partial charge >= 0.3 is 5.97 Å². The molecule has 2 heterocycles. The van der Waals surface area contributed by atoms with Gasteiger partial charge in [-0.1, -0.05) is 11.5 Å². The Morgan fingerprint density at radius 2 is 2.25 bits per heavy atom. The van der Waals surface area contributed by atoms with Crippen LogP contribution in [0, 0.1) is 6.92 Å². The van der Waals surface area contributed by atoms with Gasteiger partial charge in [-0.15, -0.1) is 0 Å². The molecule has 0 atom stereocenters. The second kappa shape index (κ2) is 4.04.